The van der Waals surface area contributed by atoms with Gasteiger partial charge in [0.05, 0.1) is 7.11 Å². The number of methoxy groups -OCH3 is 1. The summed E-state index contributed by atoms with van der Waals surface area (Å²) in [5, 5.41) is 10.0. The van der Waals surface area contributed by atoms with Crippen molar-refractivity contribution in [1.82, 2.24) is 0 Å². The van der Waals surface area contributed by atoms with Crippen LogP contribution in [0, 0.1) is 13.8 Å². The third-order valence-corrected chi connectivity index (χ3v) is 2.96. The number of aromatic hydroxyl groups is 1. The van der Waals surface area contributed by atoms with Gasteiger partial charge in [-0.25, -0.2) is 0 Å². The molecule has 2 aromatic rings. The van der Waals surface area contributed by atoms with Crippen molar-refractivity contribution in [3.05, 3.63) is 47.5 Å². The SMILES string of the molecule is COc1cccc(C)c1-c1c(C)cccc1O. The highest BCUT2D eigenvalue weighted by molar-refractivity contribution is 5.80. The molecule has 0 heterocycles. The monoisotopic (exact) mass is 228 g/mol. The Morgan fingerprint density at radius 2 is 1.47 bits per heavy atom. The first kappa shape index (κ1) is 11.5. The summed E-state index contributed by atoms with van der Waals surface area (Å²) in [6.07, 6.45) is 0. The first-order valence-corrected chi connectivity index (χ1v) is 5.57. The van der Waals surface area contributed by atoms with Crippen LogP contribution in [0.15, 0.2) is 36.4 Å². The molecule has 0 aliphatic heterocycles. The molecule has 0 saturated carbocycles. The van der Waals surface area contributed by atoms with Gasteiger partial charge >= 0.3 is 0 Å². The van der Waals surface area contributed by atoms with Gasteiger partial charge in [0.25, 0.3) is 0 Å². The lowest BCUT2D eigenvalue weighted by Crippen LogP contribution is -1.93. The summed E-state index contributed by atoms with van der Waals surface area (Å²) in [4.78, 5) is 0. The molecule has 2 rings (SSSR count). The molecule has 1 N–H and O–H groups in total. The zero-order valence-corrected chi connectivity index (χ0v) is 10.3. The normalized spacial score (nSPS) is 10.3. The van der Waals surface area contributed by atoms with Gasteiger partial charge in [0.1, 0.15) is 11.5 Å². The van der Waals surface area contributed by atoms with Gasteiger partial charge in [-0.15, -0.1) is 0 Å². The fourth-order valence-corrected chi connectivity index (χ4v) is 2.11. The summed E-state index contributed by atoms with van der Waals surface area (Å²) < 4.78 is 5.38. The third kappa shape index (κ3) is 1.98. The Hall–Kier alpha value is -1.96. The van der Waals surface area contributed by atoms with Crippen LogP contribution in [0.4, 0.5) is 0 Å². The molecule has 0 unspecified atom stereocenters. The van der Waals surface area contributed by atoms with Crippen molar-refractivity contribution in [2.75, 3.05) is 7.11 Å². The van der Waals surface area contributed by atoms with Crippen molar-refractivity contribution >= 4 is 0 Å². The molecule has 2 aromatic carbocycles. The quantitative estimate of drug-likeness (QED) is 0.849. The van der Waals surface area contributed by atoms with Crippen molar-refractivity contribution in [2.24, 2.45) is 0 Å². The average Bonchev–Trinajstić information content (AvgIpc) is 2.30. The minimum atomic E-state index is 0.289. The summed E-state index contributed by atoms with van der Waals surface area (Å²) in [6.45, 7) is 4.00. The van der Waals surface area contributed by atoms with Gasteiger partial charge in [0, 0.05) is 11.1 Å². The van der Waals surface area contributed by atoms with Crippen LogP contribution in [0.2, 0.25) is 0 Å². The molecule has 0 aliphatic carbocycles. The maximum absolute atomic E-state index is 10.0. The Labute approximate surface area is 101 Å². The maximum Gasteiger partial charge on any atom is 0.127 e. The smallest absolute Gasteiger partial charge is 0.127 e. The zero-order chi connectivity index (χ0) is 12.4. The Morgan fingerprint density at radius 1 is 0.882 bits per heavy atom. The van der Waals surface area contributed by atoms with Gasteiger partial charge < -0.3 is 9.84 Å². The number of phenolic OH excluding ortho intramolecular Hbond substituents is 1. The minimum absolute atomic E-state index is 0.289. The van der Waals surface area contributed by atoms with Gasteiger partial charge in [0.2, 0.25) is 0 Å². The predicted octanol–water partition coefficient (Wildman–Crippen LogP) is 3.68. The van der Waals surface area contributed by atoms with E-state index in [9.17, 15) is 5.11 Å². The minimum Gasteiger partial charge on any atom is -0.507 e. The number of aryl methyl sites for hydroxylation is 2. The van der Waals surface area contributed by atoms with Crippen molar-refractivity contribution < 1.29 is 9.84 Å². The fourth-order valence-electron chi connectivity index (χ4n) is 2.11. The van der Waals surface area contributed by atoms with Crippen LogP contribution in [-0.4, -0.2) is 12.2 Å². The summed E-state index contributed by atoms with van der Waals surface area (Å²) in [5.74, 6) is 1.08. The van der Waals surface area contributed by atoms with Crippen LogP contribution in [0.25, 0.3) is 11.1 Å². The number of benzene rings is 2. The van der Waals surface area contributed by atoms with Crippen LogP contribution in [0.3, 0.4) is 0 Å². The predicted molar refractivity (Wildman–Crippen MR) is 69.6 cm³/mol. The van der Waals surface area contributed by atoms with Gasteiger partial charge in [-0.1, -0.05) is 24.3 Å². The molecule has 0 saturated heterocycles. The topological polar surface area (TPSA) is 29.5 Å². The summed E-state index contributed by atoms with van der Waals surface area (Å²) in [6, 6.07) is 11.4. The molecule has 0 bridgehead atoms. The fraction of sp³-hybridized carbons (Fsp3) is 0.200. The van der Waals surface area contributed by atoms with Crippen LogP contribution < -0.4 is 4.74 Å². The molecule has 88 valence electrons. The van der Waals surface area contributed by atoms with Crippen molar-refractivity contribution in [3.8, 4) is 22.6 Å². The van der Waals surface area contributed by atoms with Crippen LogP contribution in [-0.2, 0) is 0 Å². The van der Waals surface area contributed by atoms with E-state index in [0.29, 0.717) is 0 Å². The average molecular weight is 228 g/mol. The van der Waals surface area contributed by atoms with Crippen LogP contribution in [0.1, 0.15) is 11.1 Å². The molecule has 0 spiro atoms. The molecular weight excluding hydrogens is 212 g/mol. The number of ether oxygens (including phenoxy) is 1. The number of rotatable bonds is 2. The second-order valence-electron chi connectivity index (χ2n) is 4.12. The number of hydrogen-bond acceptors (Lipinski definition) is 2. The van der Waals surface area contributed by atoms with Crippen molar-refractivity contribution in [2.45, 2.75) is 13.8 Å². The Morgan fingerprint density at radius 3 is 2.06 bits per heavy atom. The van der Waals surface area contributed by atoms with E-state index in [2.05, 4.69) is 0 Å². The number of phenols is 1. The highest BCUT2D eigenvalue weighted by Gasteiger charge is 2.14. The molecule has 0 amide bonds. The third-order valence-electron chi connectivity index (χ3n) is 2.96. The Balaban J connectivity index is 2.76. The second-order valence-corrected chi connectivity index (χ2v) is 4.12. The van der Waals surface area contributed by atoms with E-state index in [-0.39, 0.29) is 5.75 Å². The molecule has 0 radical (unpaired) electrons. The van der Waals surface area contributed by atoms with Gasteiger partial charge in [0.15, 0.2) is 0 Å². The van der Waals surface area contributed by atoms with Gasteiger partial charge in [-0.3, -0.25) is 0 Å². The molecule has 0 aliphatic rings. The first-order valence-electron chi connectivity index (χ1n) is 5.57. The molecule has 0 aromatic heterocycles. The molecule has 2 heteroatoms. The van der Waals surface area contributed by atoms with Gasteiger partial charge in [-0.05, 0) is 37.1 Å². The molecule has 17 heavy (non-hydrogen) atoms. The van der Waals surface area contributed by atoms with Crippen LogP contribution >= 0.6 is 0 Å². The van der Waals surface area contributed by atoms with E-state index in [4.69, 9.17) is 4.74 Å². The second kappa shape index (κ2) is 4.50. The van der Waals surface area contributed by atoms with Crippen molar-refractivity contribution in [1.29, 1.82) is 0 Å². The summed E-state index contributed by atoms with van der Waals surface area (Å²) in [5.41, 5.74) is 3.94. The Bertz CT molecular complexity index is 524. The van der Waals surface area contributed by atoms with E-state index in [0.717, 1.165) is 28.0 Å². The highest BCUT2D eigenvalue weighted by atomic mass is 16.5. The van der Waals surface area contributed by atoms with E-state index >= 15 is 0 Å². The lowest BCUT2D eigenvalue weighted by Gasteiger charge is -2.15. The van der Waals surface area contributed by atoms with E-state index < -0.39 is 0 Å². The lowest BCUT2D eigenvalue weighted by molar-refractivity contribution is 0.415. The van der Waals surface area contributed by atoms with E-state index in [1.165, 1.54) is 0 Å². The van der Waals surface area contributed by atoms with Gasteiger partial charge in [-0.2, -0.15) is 0 Å². The Kier molecular flexibility index (Phi) is 3.05. The summed E-state index contributed by atoms with van der Waals surface area (Å²) in [7, 11) is 1.65. The summed E-state index contributed by atoms with van der Waals surface area (Å²) >= 11 is 0. The van der Waals surface area contributed by atoms with Crippen LogP contribution in [0.5, 0.6) is 11.5 Å². The largest absolute Gasteiger partial charge is 0.507 e. The standard InChI is InChI=1S/C15H16O2/c1-10-6-4-8-12(16)14(10)15-11(2)7-5-9-13(15)17-3/h4-9,16H,1-3H3. The molecule has 0 atom stereocenters. The molecule has 2 nitrogen and oxygen atoms in total. The maximum atomic E-state index is 10.0. The van der Waals surface area contributed by atoms with E-state index in [1.54, 1.807) is 13.2 Å². The van der Waals surface area contributed by atoms with Crippen molar-refractivity contribution in [3.63, 3.8) is 0 Å². The zero-order valence-electron chi connectivity index (χ0n) is 10.3. The lowest BCUT2D eigenvalue weighted by atomic mass is 9.95. The van der Waals surface area contributed by atoms with E-state index in [1.807, 2.05) is 44.2 Å². The number of hydrogen-bond donors (Lipinski definition) is 1. The molecular formula is C15H16O2. The molecule has 0 fully saturated rings. The highest BCUT2D eigenvalue weighted by Crippen LogP contribution is 2.39. The first-order chi connectivity index (χ1) is 8.15.